The van der Waals surface area contributed by atoms with Gasteiger partial charge in [0, 0.05) is 43.5 Å². The fourth-order valence-electron chi connectivity index (χ4n) is 4.20. The van der Waals surface area contributed by atoms with Crippen molar-refractivity contribution in [3.05, 3.63) is 77.5 Å². The Bertz CT molecular complexity index is 1260. The van der Waals surface area contributed by atoms with Crippen molar-refractivity contribution < 1.29 is 14.3 Å². The van der Waals surface area contributed by atoms with Crippen molar-refractivity contribution in [1.29, 1.82) is 0 Å². The second kappa shape index (κ2) is 8.97. The van der Waals surface area contributed by atoms with Crippen LogP contribution in [0.5, 0.6) is 11.5 Å². The molecule has 4 heterocycles. The van der Waals surface area contributed by atoms with E-state index in [1.165, 1.54) is 0 Å². The van der Waals surface area contributed by atoms with Gasteiger partial charge in [-0.05, 0) is 61.4 Å². The van der Waals surface area contributed by atoms with E-state index >= 15 is 0 Å². The van der Waals surface area contributed by atoms with E-state index < -0.39 is 0 Å². The maximum atomic E-state index is 13.0. The number of rotatable bonds is 7. The van der Waals surface area contributed by atoms with Gasteiger partial charge in [-0.1, -0.05) is 0 Å². The summed E-state index contributed by atoms with van der Waals surface area (Å²) in [5, 5.41) is 7.62. The number of ether oxygens (including phenoxy) is 2. The third kappa shape index (κ3) is 4.55. The Labute approximate surface area is 192 Å². The summed E-state index contributed by atoms with van der Waals surface area (Å²) in [6.07, 6.45) is 5.37. The van der Waals surface area contributed by atoms with Crippen LogP contribution in [0.1, 0.15) is 39.8 Å². The van der Waals surface area contributed by atoms with Crippen LogP contribution in [-0.2, 0) is 6.42 Å². The summed E-state index contributed by atoms with van der Waals surface area (Å²) < 4.78 is 12.9. The van der Waals surface area contributed by atoms with E-state index in [9.17, 15) is 4.79 Å². The highest BCUT2D eigenvalue weighted by molar-refractivity contribution is 5.93. The number of nitrogens with one attached hydrogen (secondary N) is 1. The number of methoxy groups -OCH3 is 1. The van der Waals surface area contributed by atoms with Gasteiger partial charge in [0.25, 0.3) is 5.91 Å². The van der Waals surface area contributed by atoms with Crippen LogP contribution in [0.15, 0.2) is 54.9 Å². The molecule has 1 aromatic carbocycles. The van der Waals surface area contributed by atoms with Gasteiger partial charge in [-0.25, -0.2) is 4.98 Å². The van der Waals surface area contributed by atoms with Gasteiger partial charge in [0.15, 0.2) is 0 Å². The Balaban J connectivity index is 1.16. The van der Waals surface area contributed by atoms with Crippen LogP contribution in [0.25, 0.3) is 5.65 Å². The summed E-state index contributed by atoms with van der Waals surface area (Å²) in [4.78, 5) is 19.4. The minimum atomic E-state index is -0.0255. The molecule has 170 valence electrons. The molecule has 0 bridgehead atoms. The molecular formula is C25H27N5O3. The number of aromatic nitrogens is 4. The maximum absolute atomic E-state index is 13.0. The number of fused-ring (bicyclic) bond motifs is 1. The molecule has 1 aliphatic heterocycles. The minimum Gasteiger partial charge on any atom is -0.497 e. The SMILES string of the molecule is COc1ccc(OCCc2cc(C3CCN(C(=O)c4cn5ccc(C)cc5n4)C3)n[nH]2)cc1. The number of amides is 1. The van der Waals surface area contributed by atoms with Crippen molar-refractivity contribution in [1.82, 2.24) is 24.5 Å². The number of pyridine rings is 1. The average Bonchev–Trinajstić information content (AvgIpc) is 3.58. The smallest absolute Gasteiger partial charge is 0.274 e. The number of carbonyl (C=O) groups is 1. The van der Waals surface area contributed by atoms with E-state index in [-0.39, 0.29) is 11.8 Å². The molecule has 33 heavy (non-hydrogen) atoms. The standard InChI is InChI=1S/C25H27N5O3/c1-17-7-10-29-16-23(26-24(29)13-17)25(31)30-11-8-18(15-30)22-14-19(27-28-22)9-12-33-21-5-3-20(32-2)4-6-21/h3-7,10,13-14,16,18H,8-9,11-12,15H2,1-2H3,(H,27,28). The fourth-order valence-corrected chi connectivity index (χ4v) is 4.20. The number of carbonyl (C=O) groups excluding carboxylic acids is 1. The van der Waals surface area contributed by atoms with Crippen molar-refractivity contribution in [2.75, 3.05) is 26.8 Å². The van der Waals surface area contributed by atoms with E-state index in [4.69, 9.17) is 9.47 Å². The molecule has 8 nitrogen and oxygen atoms in total. The average molecular weight is 446 g/mol. The molecule has 0 saturated carbocycles. The lowest BCUT2D eigenvalue weighted by Gasteiger charge is -2.14. The first-order valence-corrected chi connectivity index (χ1v) is 11.1. The largest absolute Gasteiger partial charge is 0.497 e. The Morgan fingerprint density at radius 1 is 1.18 bits per heavy atom. The highest BCUT2D eigenvalue weighted by atomic mass is 16.5. The quantitative estimate of drug-likeness (QED) is 0.470. The molecule has 1 atom stereocenters. The van der Waals surface area contributed by atoms with Crippen molar-refractivity contribution in [3.8, 4) is 11.5 Å². The normalized spacial score (nSPS) is 15.8. The third-order valence-electron chi connectivity index (χ3n) is 6.08. The predicted octanol–water partition coefficient (Wildman–Crippen LogP) is 3.63. The minimum absolute atomic E-state index is 0.0255. The number of H-pyrrole nitrogens is 1. The molecule has 1 saturated heterocycles. The highest BCUT2D eigenvalue weighted by Gasteiger charge is 2.30. The predicted molar refractivity (Wildman–Crippen MR) is 124 cm³/mol. The first kappa shape index (κ1) is 21.1. The maximum Gasteiger partial charge on any atom is 0.274 e. The number of nitrogens with zero attached hydrogens (tertiary/aromatic N) is 4. The molecule has 1 fully saturated rings. The molecule has 1 aliphatic rings. The van der Waals surface area contributed by atoms with Crippen molar-refractivity contribution in [3.63, 3.8) is 0 Å². The second-order valence-corrected chi connectivity index (χ2v) is 8.42. The monoisotopic (exact) mass is 445 g/mol. The summed E-state index contributed by atoms with van der Waals surface area (Å²) in [5.74, 6) is 1.81. The number of benzene rings is 1. The van der Waals surface area contributed by atoms with E-state index in [1.807, 2.05) is 58.8 Å². The lowest BCUT2D eigenvalue weighted by Crippen LogP contribution is -2.28. The number of aromatic amines is 1. The molecule has 5 rings (SSSR count). The van der Waals surface area contributed by atoms with Crippen molar-refractivity contribution in [2.45, 2.75) is 25.7 Å². The topological polar surface area (TPSA) is 84.8 Å². The van der Waals surface area contributed by atoms with Crippen LogP contribution >= 0.6 is 0 Å². The van der Waals surface area contributed by atoms with E-state index in [2.05, 4.69) is 21.2 Å². The Hall–Kier alpha value is -3.81. The van der Waals surface area contributed by atoms with Crippen LogP contribution in [0.2, 0.25) is 0 Å². The lowest BCUT2D eigenvalue weighted by molar-refractivity contribution is 0.0785. The molecule has 0 aliphatic carbocycles. The Morgan fingerprint density at radius 2 is 2.00 bits per heavy atom. The Morgan fingerprint density at radius 3 is 2.82 bits per heavy atom. The number of imidazole rings is 1. The molecule has 3 aromatic heterocycles. The summed E-state index contributed by atoms with van der Waals surface area (Å²) in [6, 6.07) is 13.6. The van der Waals surface area contributed by atoms with Gasteiger partial charge < -0.3 is 18.8 Å². The van der Waals surface area contributed by atoms with Gasteiger partial charge >= 0.3 is 0 Å². The summed E-state index contributed by atoms with van der Waals surface area (Å²) in [6.45, 7) is 3.93. The van der Waals surface area contributed by atoms with Crippen LogP contribution in [0.3, 0.4) is 0 Å². The second-order valence-electron chi connectivity index (χ2n) is 8.42. The number of hydrogen-bond donors (Lipinski definition) is 1. The van der Waals surface area contributed by atoms with Crippen molar-refractivity contribution in [2.24, 2.45) is 0 Å². The first-order chi connectivity index (χ1) is 16.1. The lowest BCUT2D eigenvalue weighted by atomic mass is 10.0. The van der Waals surface area contributed by atoms with Gasteiger partial charge in [0.1, 0.15) is 22.8 Å². The van der Waals surface area contributed by atoms with Gasteiger partial charge in [-0.2, -0.15) is 5.10 Å². The van der Waals surface area contributed by atoms with E-state index in [0.717, 1.165) is 46.9 Å². The van der Waals surface area contributed by atoms with Gasteiger partial charge in [0.2, 0.25) is 0 Å². The van der Waals surface area contributed by atoms with Gasteiger partial charge in [-0.3, -0.25) is 9.89 Å². The van der Waals surface area contributed by atoms with E-state index in [0.29, 0.717) is 25.4 Å². The third-order valence-corrected chi connectivity index (χ3v) is 6.08. The van der Waals surface area contributed by atoms with Crippen LogP contribution < -0.4 is 9.47 Å². The molecule has 8 heteroatoms. The molecule has 0 spiro atoms. The van der Waals surface area contributed by atoms with E-state index in [1.54, 1.807) is 13.3 Å². The highest BCUT2D eigenvalue weighted by Crippen LogP contribution is 2.27. The number of hydrogen-bond acceptors (Lipinski definition) is 5. The van der Waals surface area contributed by atoms with Gasteiger partial charge in [-0.15, -0.1) is 0 Å². The molecule has 1 amide bonds. The summed E-state index contributed by atoms with van der Waals surface area (Å²) in [5.41, 5.74) is 4.43. The van der Waals surface area contributed by atoms with Crippen molar-refractivity contribution >= 4 is 11.6 Å². The first-order valence-electron chi connectivity index (χ1n) is 11.1. The molecule has 1 unspecified atom stereocenters. The molecule has 1 N–H and O–H groups in total. The number of likely N-dealkylation sites (tertiary alicyclic amines) is 1. The zero-order valence-corrected chi connectivity index (χ0v) is 18.8. The van der Waals surface area contributed by atoms with Gasteiger partial charge in [0.05, 0.1) is 19.4 Å². The fraction of sp³-hybridized carbons (Fsp3) is 0.320. The van der Waals surface area contributed by atoms with Crippen LogP contribution in [0, 0.1) is 6.92 Å². The van der Waals surface area contributed by atoms with Crippen LogP contribution in [0.4, 0.5) is 0 Å². The molecular weight excluding hydrogens is 418 g/mol. The Kier molecular flexibility index (Phi) is 5.73. The zero-order chi connectivity index (χ0) is 22.8. The zero-order valence-electron chi connectivity index (χ0n) is 18.8. The van der Waals surface area contributed by atoms with Crippen LogP contribution in [-0.4, -0.2) is 57.2 Å². The molecule has 4 aromatic rings. The number of aryl methyl sites for hydroxylation is 1. The summed E-state index contributed by atoms with van der Waals surface area (Å²) >= 11 is 0. The molecule has 0 radical (unpaired) electrons. The summed E-state index contributed by atoms with van der Waals surface area (Å²) in [7, 11) is 1.64.